The molecular weight excluding hydrogens is 327 g/mol. The Labute approximate surface area is 133 Å². The summed E-state index contributed by atoms with van der Waals surface area (Å²) in [5, 5.41) is 20.4. The highest BCUT2D eigenvalue weighted by Gasteiger charge is 2.34. The van der Waals surface area contributed by atoms with Crippen LogP contribution in [0.15, 0.2) is 48.5 Å². The van der Waals surface area contributed by atoms with E-state index in [1.165, 1.54) is 0 Å². The Morgan fingerprint density at radius 3 is 2.25 bits per heavy atom. The lowest BCUT2D eigenvalue weighted by molar-refractivity contribution is -0.385. The van der Waals surface area contributed by atoms with Crippen molar-refractivity contribution in [2.24, 2.45) is 0 Å². The Bertz CT molecular complexity index is 814. The van der Waals surface area contributed by atoms with Gasteiger partial charge in [0, 0.05) is 6.07 Å². The SMILES string of the molecule is O=C(O)/C(=C/c1ccccc1)c1ccc(C(F)(F)F)cc1[N+](=O)[O-]. The van der Waals surface area contributed by atoms with E-state index in [0.29, 0.717) is 17.7 Å². The van der Waals surface area contributed by atoms with E-state index >= 15 is 0 Å². The van der Waals surface area contributed by atoms with Gasteiger partial charge in [0.15, 0.2) is 0 Å². The van der Waals surface area contributed by atoms with Crippen molar-refractivity contribution in [1.29, 1.82) is 0 Å². The first-order valence-corrected chi connectivity index (χ1v) is 6.56. The number of hydrogen-bond donors (Lipinski definition) is 1. The smallest absolute Gasteiger partial charge is 0.416 e. The van der Waals surface area contributed by atoms with Crippen LogP contribution < -0.4 is 0 Å². The van der Waals surface area contributed by atoms with Gasteiger partial charge in [0.05, 0.1) is 21.6 Å². The highest BCUT2D eigenvalue weighted by molar-refractivity contribution is 6.21. The molecule has 0 spiro atoms. The van der Waals surface area contributed by atoms with Crippen molar-refractivity contribution < 1.29 is 28.0 Å². The molecule has 2 aromatic carbocycles. The lowest BCUT2D eigenvalue weighted by atomic mass is 9.99. The molecule has 1 N–H and O–H groups in total. The Hall–Kier alpha value is -3.16. The van der Waals surface area contributed by atoms with Crippen LogP contribution in [0.3, 0.4) is 0 Å². The molecule has 0 atom stereocenters. The summed E-state index contributed by atoms with van der Waals surface area (Å²) >= 11 is 0. The van der Waals surface area contributed by atoms with E-state index < -0.39 is 39.5 Å². The lowest BCUT2D eigenvalue weighted by Crippen LogP contribution is -2.08. The highest BCUT2D eigenvalue weighted by atomic mass is 19.4. The normalized spacial score (nSPS) is 12.0. The Kier molecular flexibility index (Phi) is 4.68. The van der Waals surface area contributed by atoms with Gasteiger partial charge in [0.1, 0.15) is 0 Å². The van der Waals surface area contributed by atoms with Gasteiger partial charge < -0.3 is 5.11 Å². The Morgan fingerprint density at radius 1 is 1.12 bits per heavy atom. The number of rotatable bonds is 4. The van der Waals surface area contributed by atoms with Gasteiger partial charge in [0.2, 0.25) is 0 Å². The first kappa shape index (κ1) is 17.2. The van der Waals surface area contributed by atoms with E-state index in [0.717, 1.165) is 12.1 Å². The summed E-state index contributed by atoms with van der Waals surface area (Å²) in [6.45, 7) is 0. The highest BCUT2D eigenvalue weighted by Crippen LogP contribution is 2.35. The van der Waals surface area contributed by atoms with E-state index in [1.54, 1.807) is 30.3 Å². The van der Waals surface area contributed by atoms with Crippen LogP contribution >= 0.6 is 0 Å². The maximum Gasteiger partial charge on any atom is 0.416 e. The maximum atomic E-state index is 12.7. The number of halogens is 3. The molecule has 0 heterocycles. The minimum Gasteiger partial charge on any atom is -0.478 e. The van der Waals surface area contributed by atoms with Crippen LogP contribution in [0.2, 0.25) is 0 Å². The summed E-state index contributed by atoms with van der Waals surface area (Å²) in [5.41, 5.74) is -2.56. The number of nitro groups is 1. The van der Waals surface area contributed by atoms with Gasteiger partial charge >= 0.3 is 12.1 Å². The van der Waals surface area contributed by atoms with Gasteiger partial charge in [-0.05, 0) is 23.8 Å². The van der Waals surface area contributed by atoms with Crippen LogP contribution in [-0.2, 0) is 11.0 Å². The molecule has 0 bridgehead atoms. The summed E-state index contributed by atoms with van der Waals surface area (Å²) in [6, 6.07) is 9.83. The largest absolute Gasteiger partial charge is 0.478 e. The maximum absolute atomic E-state index is 12.7. The molecule has 0 saturated carbocycles. The second-order valence-electron chi connectivity index (χ2n) is 4.76. The summed E-state index contributed by atoms with van der Waals surface area (Å²) in [6.07, 6.45) is -3.60. The van der Waals surface area contributed by atoms with Crippen LogP contribution in [0.1, 0.15) is 16.7 Å². The third kappa shape index (κ3) is 3.78. The first-order chi connectivity index (χ1) is 11.2. The molecule has 0 radical (unpaired) electrons. The molecule has 0 unspecified atom stereocenters. The molecule has 0 fully saturated rings. The molecule has 2 rings (SSSR count). The van der Waals surface area contributed by atoms with Crippen molar-refractivity contribution in [2.45, 2.75) is 6.18 Å². The van der Waals surface area contributed by atoms with Crippen LogP contribution in [0.25, 0.3) is 11.6 Å². The van der Waals surface area contributed by atoms with Crippen molar-refractivity contribution in [2.75, 3.05) is 0 Å². The molecule has 5 nitrogen and oxygen atoms in total. The number of carboxylic acid groups (broad SMARTS) is 1. The number of carbonyl (C=O) groups is 1. The Morgan fingerprint density at radius 2 is 1.75 bits per heavy atom. The predicted molar refractivity (Wildman–Crippen MR) is 80.0 cm³/mol. The van der Waals surface area contributed by atoms with Crippen molar-refractivity contribution >= 4 is 23.3 Å². The van der Waals surface area contributed by atoms with E-state index in [9.17, 15) is 33.2 Å². The molecule has 124 valence electrons. The zero-order chi connectivity index (χ0) is 17.9. The standard InChI is InChI=1S/C16H10F3NO4/c17-16(18,19)11-6-7-12(14(9-11)20(23)24)13(15(21)22)8-10-4-2-1-3-5-10/h1-9H,(H,21,22)/b13-8+. The molecule has 0 aliphatic rings. The van der Waals surface area contributed by atoms with E-state index in [4.69, 9.17) is 0 Å². The van der Waals surface area contributed by atoms with Crippen LogP contribution in [0.4, 0.5) is 18.9 Å². The van der Waals surface area contributed by atoms with Gasteiger partial charge in [-0.15, -0.1) is 0 Å². The monoisotopic (exact) mass is 337 g/mol. The predicted octanol–water partition coefficient (Wildman–Crippen LogP) is 4.24. The average molecular weight is 337 g/mol. The summed E-state index contributed by atoms with van der Waals surface area (Å²) < 4.78 is 38.1. The number of alkyl halides is 3. The summed E-state index contributed by atoms with van der Waals surface area (Å²) in [5.74, 6) is -1.48. The molecule has 0 aliphatic heterocycles. The second-order valence-corrected chi connectivity index (χ2v) is 4.76. The molecule has 0 aliphatic carbocycles. The molecule has 24 heavy (non-hydrogen) atoms. The first-order valence-electron chi connectivity index (χ1n) is 6.56. The van der Waals surface area contributed by atoms with Crippen molar-refractivity contribution in [3.8, 4) is 0 Å². The average Bonchev–Trinajstić information content (AvgIpc) is 2.52. The zero-order valence-electron chi connectivity index (χ0n) is 11.9. The number of carboxylic acids is 1. The van der Waals surface area contributed by atoms with Crippen LogP contribution in [-0.4, -0.2) is 16.0 Å². The summed E-state index contributed by atoms with van der Waals surface area (Å²) in [4.78, 5) is 21.5. The van der Waals surface area contributed by atoms with Crippen molar-refractivity contribution in [3.05, 3.63) is 75.3 Å². The third-order valence-electron chi connectivity index (χ3n) is 3.15. The van der Waals surface area contributed by atoms with E-state index in [-0.39, 0.29) is 0 Å². The van der Waals surface area contributed by atoms with E-state index in [1.807, 2.05) is 0 Å². The molecule has 2 aromatic rings. The van der Waals surface area contributed by atoms with Crippen LogP contribution in [0, 0.1) is 10.1 Å². The number of benzene rings is 2. The van der Waals surface area contributed by atoms with Crippen LogP contribution in [0.5, 0.6) is 0 Å². The van der Waals surface area contributed by atoms with Gasteiger partial charge in [0.25, 0.3) is 5.69 Å². The lowest BCUT2D eigenvalue weighted by Gasteiger charge is -2.09. The fraction of sp³-hybridized carbons (Fsp3) is 0.0625. The number of nitro benzene ring substituents is 1. The summed E-state index contributed by atoms with van der Waals surface area (Å²) in [7, 11) is 0. The molecule has 0 amide bonds. The second kappa shape index (κ2) is 6.53. The van der Waals surface area contributed by atoms with Gasteiger partial charge in [-0.1, -0.05) is 30.3 Å². The van der Waals surface area contributed by atoms with Gasteiger partial charge in [-0.2, -0.15) is 13.2 Å². The number of nitrogens with zero attached hydrogens (tertiary/aromatic N) is 1. The molecular formula is C16H10F3NO4. The van der Waals surface area contributed by atoms with Gasteiger partial charge in [-0.3, -0.25) is 10.1 Å². The van der Waals surface area contributed by atoms with E-state index in [2.05, 4.69) is 0 Å². The quantitative estimate of drug-likeness (QED) is 0.392. The van der Waals surface area contributed by atoms with Gasteiger partial charge in [-0.25, -0.2) is 4.79 Å². The number of hydrogen-bond acceptors (Lipinski definition) is 3. The molecule has 0 saturated heterocycles. The zero-order valence-corrected chi connectivity index (χ0v) is 11.9. The molecule has 8 heteroatoms. The third-order valence-corrected chi connectivity index (χ3v) is 3.15. The fourth-order valence-electron chi connectivity index (χ4n) is 2.06. The number of aliphatic carboxylic acids is 1. The van der Waals surface area contributed by atoms with Crippen molar-refractivity contribution in [3.63, 3.8) is 0 Å². The topological polar surface area (TPSA) is 80.4 Å². The Balaban J connectivity index is 2.65. The fourth-order valence-corrected chi connectivity index (χ4v) is 2.06. The minimum absolute atomic E-state index is 0.330. The molecule has 0 aromatic heterocycles. The van der Waals surface area contributed by atoms with Crippen molar-refractivity contribution in [1.82, 2.24) is 0 Å². The minimum atomic E-state index is -4.77.